The van der Waals surface area contributed by atoms with E-state index in [2.05, 4.69) is 10.6 Å². The second-order valence-electron chi connectivity index (χ2n) is 5.41. The molecule has 0 heterocycles. The van der Waals surface area contributed by atoms with Crippen LogP contribution >= 0.6 is 0 Å². The Morgan fingerprint density at radius 3 is 2.36 bits per heavy atom. The van der Waals surface area contributed by atoms with Gasteiger partial charge in [0.25, 0.3) is 5.91 Å². The van der Waals surface area contributed by atoms with Gasteiger partial charge in [-0.2, -0.15) is 0 Å². The number of methoxy groups -OCH3 is 1. The van der Waals surface area contributed by atoms with Crippen LogP contribution in [0.5, 0.6) is 0 Å². The molecule has 0 saturated heterocycles. The second-order valence-corrected chi connectivity index (χ2v) is 5.41. The van der Waals surface area contributed by atoms with Gasteiger partial charge in [-0.15, -0.1) is 0 Å². The summed E-state index contributed by atoms with van der Waals surface area (Å²) in [6, 6.07) is 16.7. The molecule has 25 heavy (non-hydrogen) atoms. The van der Waals surface area contributed by atoms with Crippen molar-refractivity contribution < 1.29 is 14.3 Å². The van der Waals surface area contributed by atoms with Crippen LogP contribution < -0.4 is 10.6 Å². The number of ether oxygens (including phenoxy) is 1. The lowest BCUT2D eigenvalue weighted by Crippen LogP contribution is -2.27. The number of carbonyl (C=O) groups excluding carboxylic acids is 2. The fourth-order valence-electron chi connectivity index (χ4n) is 2.32. The SMILES string of the molecule is CNC(=O)c1ccc(/C=C/C(=O)NCC(OC)c2ccccc2)cc1. The second kappa shape index (κ2) is 9.39. The van der Waals surface area contributed by atoms with Gasteiger partial charge in [0.05, 0.1) is 6.10 Å². The van der Waals surface area contributed by atoms with Gasteiger partial charge in [0.2, 0.25) is 5.91 Å². The quantitative estimate of drug-likeness (QED) is 0.763. The van der Waals surface area contributed by atoms with Crippen molar-refractivity contribution in [2.75, 3.05) is 20.7 Å². The van der Waals surface area contributed by atoms with Gasteiger partial charge < -0.3 is 15.4 Å². The molecule has 130 valence electrons. The highest BCUT2D eigenvalue weighted by Crippen LogP contribution is 2.14. The maximum Gasteiger partial charge on any atom is 0.251 e. The number of rotatable bonds is 7. The van der Waals surface area contributed by atoms with E-state index in [1.807, 2.05) is 30.3 Å². The first-order valence-corrected chi connectivity index (χ1v) is 8.00. The molecular formula is C20H22N2O3. The first kappa shape index (κ1) is 18.4. The monoisotopic (exact) mass is 338 g/mol. The van der Waals surface area contributed by atoms with Crippen molar-refractivity contribution in [3.8, 4) is 0 Å². The molecule has 0 bridgehead atoms. The molecule has 2 amide bonds. The van der Waals surface area contributed by atoms with Crippen LogP contribution in [0.25, 0.3) is 6.08 Å². The van der Waals surface area contributed by atoms with Crippen molar-refractivity contribution in [3.63, 3.8) is 0 Å². The number of benzene rings is 2. The number of hydrogen-bond donors (Lipinski definition) is 2. The van der Waals surface area contributed by atoms with E-state index < -0.39 is 0 Å². The molecule has 0 aliphatic heterocycles. The Labute approximate surface area is 147 Å². The molecule has 2 rings (SSSR count). The third kappa shape index (κ3) is 5.58. The normalized spacial score (nSPS) is 11.9. The Balaban J connectivity index is 1.89. The van der Waals surface area contributed by atoms with Crippen LogP contribution in [0.2, 0.25) is 0 Å². The zero-order valence-electron chi connectivity index (χ0n) is 14.4. The summed E-state index contributed by atoms with van der Waals surface area (Å²) in [7, 11) is 3.21. The van der Waals surface area contributed by atoms with Gasteiger partial charge in [0, 0.05) is 32.3 Å². The summed E-state index contributed by atoms with van der Waals surface area (Å²) < 4.78 is 5.42. The van der Waals surface area contributed by atoms with E-state index in [1.54, 1.807) is 44.5 Å². The lowest BCUT2D eigenvalue weighted by Gasteiger charge is -2.15. The summed E-state index contributed by atoms with van der Waals surface area (Å²) in [5, 5.41) is 5.39. The van der Waals surface area contributed by atoms with E-state index in [-0.39, 0.29) is 17.9 Å². The Morgan fingerprint density at radius 1 is 1.08 bits per heavy atom. The highest BCUT2D eigenvalue weighted by Gasteiger charge is 2.10. The lowest BCUT2D eigenvalue weighted by atomic mass is 10.1. The summed E-state index contributed by atoms with van der Waals surface area (Å²) >= 11 is 0. The van der Waals surface area contributed by atoms with Gasteiger partial charge >= 0.3 is 0 Å². The zero-order chi connectivity index (χ0) is 18.1. The van der Waals surface area contributed by atoms with Crippen molar-refractivity contribution in [2.24, 2.45) is 0 Å². The molecule has 0 aliphatic carbocycles. The summed E-state index contributed by atoms with van der Waals surface area (Å²) in [6.07, 6.45) is 2.98. The molecular weight excluding hydrogens is 316 g/mol. The van der Waals surface area contributed by atoms with Crippen molar-refractivity contribution in [1.82, 2.24) is 10.6 Å². The van der Waals surface area contributed by atoms with Gasteiger partial charge in [-0.05, 0) is 29.3 Å². The molecule has 1 unspecified atom stereocenters. The fraction of sp³-hybridized carbons (Fsp3) is 0.200. The molecule has 2 N–H and O–H groups in total. The van der Waals surface area contributed by atoms with Gasteiger partial charge in [-0.25, -0.2) is 0 Å². The van der Waals surface area contributed by atoms with E-state index >= 15 is 0 Å². The van der Waals surface area contributed by atoms with Crippen molar-refractivity contribution in [2.45, 2.75) is 6.10 Å². The Kier molecular flexibility index (Phi) is 6.92. The predicted octanol–water partition coefficient (Wildman–Crippen LogP) is 2.56. The average Bonchev–Trinajstić information content (AvgIpc) is 2.67. The van der Waals surface area contributed by atoms with Crippen LogP contribution in [0.1, 0.15) is 27.6 Å². The standard InChI is InChI=1S/C20H22N2O3/c1-21-20(24)17-11-8-15(9-12-17)10-13-19(23)22-14-18(25-2)16-6-4-3-5-7-16/h3-13,18H,14H2,1-2H3,(H,21,24)(H,22,23)/b13-10+. The molecule has 0 fully saturated rings. The number of hydrogen-bond acceptors (Lipinski definition) is 3. The molecule has 2 aromatic carbocycles. The van der Waals surface area contributed by atoms with Crippen LogP contribution in [0, 0.1) is 0 Å². The lowest BCUT2D eigenvalue weighted by molar-refractivity contribution is -0.117. The van der Waals surface area contributed by atoms with Crippen LogP contribution in [-0.2, 0) is 9.53 Å². The number of amides is 2. The van der Waals surface area contributed by atoms with Crippen molar-refractivity contribution in [1.29, 1.82) is 0 Å². The Bertz CT molecular complexity index is 724. The maximum absolute atomic E-state index is 12.0. The predicted molar refractivity (Wildman–Crippen MR) is 98.1 cm³/mol. The third-order valence-corrected chi connectivity index (χ3v) is 3.74. The summed E-state index contributed by atoms with van der Waals surface area (Å²) in [5.41, 5.74) is 2.43. The average molecular weight is 338 g/mol. The highest BCUT2D eigenvalue weighted by molar-refractivity contribution is 5.94. The topological polar surface area (TPSA) is 67.4 Å². The number of nitrogens with one attached hydrogen (secondary N) is 2. The minimum atomic E-state index is -0.201. The van der Waals surface area contributed by atoms with E-state index in [0.717, 1.165) is 11.1 Å². The zero-order valence-corrected chi connectivity index (χ0v) is 14.4. The molecule has 0 radical (unpaired) electrons. The fourth-order valence-corrected chi connectivity index (χ4v) is 2.32. The van der Waals surface area contributed by atoms with Crippen LogP contribution in [0.3, 0.4) is 0 Å². The van der Waals surface area contributed by atoms with Crippen molar-refractivity contribution >= 4 is 17.9 Å². The molecule has 2 aromatic rings. The van der Waals surface area contributed by atoms with E-state index in [0.29, 0.717) is 12.1 Å². The maximum atomic E-state index is 12.0. The molecule has 5 heteroatoms. The first-order valence-electron chi connectivity index (χ1n) is 8.00. The summed E-state index contributed by atoms with van der Waals surface area (Å²) in [4.78, 5) is 23.5. The molecule has 0 saturated carbocycles. The Hall–Kier alpha value is -2.92. The van der Waals surface area contributed by atoms with Gasteiger partial charge in [0.15, 0.2) is 0 Å². The highest BCUT2D eigenvalue weighted by atomic mass is 16.5. The van der Waals surface area contributed by atoms with E-state index in [4.69, 9.17) is 4.74 Å². The van der Waals surface area contributed by atoms with Gasteiger partial charge in [-0.1, -0.05) is 42.5 Å². The van der Waals surface area contributed by atoms with Gasteiger partial charge in [0.1, 0.15) is 0 Å². The molecule has 0 aromatic heterocycles. The molecule has 0 aliphatic rings. The van der Waals surface area contributed by atoms with Gasteiger partial charge in [-0.3, -0.25) is 9.59 Å². The third-order valence-electron chi connectivity index (χ3n) is 3.74. The Morgan fingerprint density at radius 2 is 1.76 bits per heavy atom. The van der Waals surface area contributed by atoms with Crippen LogP contribution in [-0.4, -0.2) is 32.5 Å². The largest absolute Gasteiger partial charge is 0.375 e. The van der Waals surface area contributed by atoms with Crippen LogP contribution in [0.4, 0.5) is 0 Å². The minimum Gasteiger partial charge on any atom is -0.375 e. The van der Waals surface area contributed by atoms with E-state index in [9.17, 15) is 9.59 Å². The first-order chi connectivity index (χ1) is 12.1. The van der Waals surface area contributed by atoms with Crippen LogP contribution in [0.15, 0.2) is 60.7 Å². The molecule has 5 nitrogen and oxygen atoms in total. The van der Waals surface area contributed by atoms with Crippen molar-refractivity contribution in [3.05, 3.63) is 77.4 Å². The van der Waals surface area contributed by atoms with E-state index in [1.165, 1.54) is 6.08 Å². The number of carbonyl (C=O) groups is 2. The molecule has 1 atom stereocenters. The summed E-state index contributed by atoms with van der Waals surface area (Å²) in [5.74, 6) is -0.340. The minimum absolute atomic E-state index is 0.139. The molecule has 0 spiro atoms. The summed E-state index contributed by atoms with van der Waals surface area (Å²) in [6.45, 7) is 0.388. The smallest absolute Gasteiger partial charge is 0.251 e.